The van der Waals surface area contributed by atoms with E-state index in [-0.39, 0.29) is 19.0 Å². The Labute approximate surface area is 186 Å². The first kappa shape index (κ1) is 22.7. The van der Waals surface area contributed by atoms with E-state index in [0.717, 1.165) is 11.2 Å². The van der Waals surface area contributed by atoms with Gasteiger partial charge in [-0.3, -0.25) is 4.79 Å². The summed E-state index contributed by atoms with van der Waals surface area (Å²) >= 11 is 6.44. The molecule has 0 spiro atoms. The Kier molecular flexibility index (Phi) is 6.91. The minimum absolute atomic E-state index is 0.0196. The molecule has 0 bridgehead atoms. The van der Waals surface area contributed by atoms with Crippen molar-refractivity contribution in [3.63, 3.8) is 0 Å². The average molecular weight is 444 g/mol. The number of nitrogens with zero attached hydrogens (tertiary/aromatic N) is 1. The van der Waals surface area contributed by atoms with Gasteiger partial charge in [0.05, 0.1) is 18.8 Å². The van der Waals surface area contributed by atoms with Crippen molar-refractivity contribution in [3.05, 3.63) is 63.8 Å². The fraction of sp³-hybridized carbons (Fsp3) is 0.333. The van der Waals surface area contributed by atoms with E-state index in [4.69, 9.17) is 21.1 Å². The standard InChI is InChI=1S/C24H26ClNO5/c1-5-26-14(4)20(23(28)30-6-2)22-16(9-8-10-19(22)26)21(24(29)31-7-3)17-13-15(27)11-12-18(17)25/h8-13,21,27H,5-7H2,1-4H3. The quantitative estimate of drug-likeness (QED) is 0.508. The third-order valence-corrected chi connectivity index (χ3v) is 5.65. The van der Waals surface area contributed by atoms with E-state index in [1.807, 2.05) is 30.5 Å². The third-order valence-electron chi connectivity index (χ3n) is 5.30. The van der Waals surface area contributed by atoms with Crippen LogP contribution in [0.5, 0.6) is 5.75 Å². The Morgan fingerprint density at radius 3 is 2.42 bits per heavy atom. The van der Waals surface area contributed by atoms with Gasteiger partial charge in [0.1, 0.15) is 11.7 Å². The molecule has 1 N–H and O–H groups in total. The molecule has 3 rings (SSSR count). The lowest BCUT2D eigenvalue weighted by Crippen LogP contribution is -2.18. The SMILES string of the molecule is CCOC(=O)c1c(C)n(CC)c2cccc(C(C(=O)OCC)c3cc(O)ccc3Cl)c12. The zero-order valence-electron chi connectivity index (χ0n) is 18.1. The molecule has 3 aromatic rings. The average Bonchev–Trinajstić information content (AvgIpc) is 3.03. The Hall–Kier alpha value is -2.99. The van der Waals surface area contributed by atoms with E-state index in [2.05, 4.69) is 0 Å². The number of phenolic OH excluding ortho intramolecular Hbond substituents is 1. The van der Waals surface area contributed by atoms with Gasteiger partial charge in [-0.25, -0.2) is 4.79 Å². The van der Waals surface area contributed by atoms with Gasteiger partial charge in [0.25, 0.3) is 0 Å². The number of carbonyl (C=O) groups excluding carboxylic acids is 2. The summed E-state index contributed by atoms with van der Waals surface area (Å²) in [4.78, 5) is 26.1. The molecular formula is C24H26ClNO5. The maximum atomic E-state index is 13.1. The maximum Gasteiger partial charge on any atom is 0.340 e. The molecule has 0 amide bonds. The smallest absolute Gasteiger partial charge is 0.340 e. The molecule has 6 nitrogen and oxygen atoms in total. The first-order chi connectivity index (χ1) is 14.8. The van der Waals surface area contributed by atoms with Gasteiger partial charge in [-0.05, 0) is 63.1 Å². The van der Waals surface area contributed by atoms with Crippen molar-refractivity contribution in [3.8, 4) is 5.75 Å². The van der Waals surface area contributed by atoms with Crippen LogP contribution in [0.15, 0.2) is 36.4 Å². The monoisotopic (exact) mass is 443 g/mol. The first-order valence-electron chi connectivity index (χ1n) is 10.3. The highest BCUT2D eigenvalue weighted by Gasteiger charge is 2.32. The van der Waals surface area contributed by atoms with Crippen molar-refractivity contribution in [1.82, 2.24) is 4.57 Å². The molecule has 2 aromatic carbocycles. The minimum atomic E-state index is -0.927. The molecule has 1 aromatic heterocycles. The van der Waals surface area contributed by atoms with Crippen molar-refractivity contribution in [1.29, 1.82) is 0 Å². The maximum absolute atomic E-state index is 13.1. The lowest BCUT2D eigenvalue weighted by atomic mass is 9.87. The summed E-state index contributed by atoms with van der Waals surface area (Å²) in [6, 6.07) is 9.97. The zero-order valence-corrected chi connectivity index (χ0v) is 18.8. The topological polar surface area (TPSA) is 77.8 Å². The number of ether oxygens (including phenoxy) is 2. The summed E-state index contributed by atoms with van der Waals surface area (Å²) in [6.45, 7) is 8.38. The number of aromatic nitrogens is 1. The number of benzene rings is 2. The predicted octanol–water partition coefficient (Wildman–Crippen LogP) is 5.20. The van der Waals surface area contributed by atoms with Gasteiger partial charge in [-0.15, -0.1) is 0 Å². The van der Waals surface area contributed by atoms with Gasteiger partial charge in [0.2, 0.25) is 0 Å². The summed E-state index contributed by atoms with van der Waals surface area (Å²) in [6.07, 6.45) is 0. The first-order valence-corrected chi connectivity index (χ1v) is 10.7. The Morgan fingerprint density at radius 1 is 1.06 bits per heavy atom. The molecule has 0 aliphatic carbocycles. The molecule has 0 fully saturated rings. The predicted molar refractivity (Wildman–Crippen MR) is 120 cm³/mol. The lowest BCUT2D eigenvalue weighted by molar-refractivity contribution is -0.143. The van der Waals surface area contributed by atoms with Gasteiger partial charge in [0, 0.05) is 28.2 Å². The Balaban J connectivity index is 2.40. The van der Waals surface area contributed by atoms with Crippen LogP contribution in [0.2, 0.25) is 5.02 Å². The molecule has 1 heterocycles. The van der Waals surface area contributed by atoms with Gasteiger partial charge in [0.15, 0.2) is 0 Å². The van der Waals surface area contributed by atoms with Gasteiger partial charge >= 0.3 is 11.9 Å². The van der Waals surface area contributed by atoms with Crippen LogP contribution >= 0.6 is 11.6 Å². The second-order valence-corrected chi connectivity index (χ2v) is 7.46. The highest BCUT2D eigenvalue weighted by Crippen LogP contribution is 2.40. The molecule has 31 heavy (non-hydrogen) atoms. The number of hydrogen-bond acceptors (Lipinski definition) is 5. The van der Waals surface area contributed by atoms with E-state index in [1.54, 1.807) is 19.9 Å². The van der Waals surface area contributed by atoms with E-state index < -0.39 is 17.9 Å². The van der Waals surface area contributed by atoms with Crippen LogP contribution in [0, 0.1) is 6.92 Å². The Morgan fingerprint density at radius 2 is 1.77 bits per heavy atom. The van der Waals surface area contributed by atoms with E-state index in [0.29, 0.717) is 33.6 Å². The summed E-state index contributed by atoms with van der Waals surface area (Å²) in [5, 5.41) is 11.0. The second kappa shape index (κ2) is 9.43. The molecular weight excluding hydrogens is 418 g/mol. The molecule has 1 unspecified atom stereocenters. The normalized spacial score (nSPS) is 12.0. The number of esters is 2. The molecule has 0 saturated heterocycles. The highest BCUT2D eigenvalue weighted by atomic mass is 35.5. The number of aryl methyl sites for hydroxylation is 1. The summed E-state index contributed by atoms with van der Waals surface area (Å²) in [5.74, 6) is -1.91. The third kappa shape index (κ3) is 4.12. The van der Waals surface area contributed by atoms with Crippen LogP contribution in [0.1, 0.15) is 53.9 Å². The molecule has 0 saturated carbocycles. The van der Waals surface area contributed by atoms with Crippen molar-refractivity contribution >= 4 is 34.4 Å². The lowest BCUT2D eigenvalue weighted by Gasteiger charge is -2.20. The fourth-order valence-corrected chi connectivity index (χ4v) is 4.28. The Bertz CT molecular complexity index is 1130. The van der Waals surface area contributed by atoms with Crippen LogP contribution < -0.4 is 0 Å². The molecule has 0 aliphatic heterocycles. The minimum Gasteiger partial charge on any atom is -0.508 e. The van der Waals surface area contributed by atoms with E-state index in [9.17, 15) is 14.7 Å². The fourth-order valence-electron chi connectivity index (χ4n) is 4.05. The molecule has 0 aliphatic rings. The summed E-state index contributed by atoms with van der Waals surface area (Å²) in [5.41, 5.74) is 2.96. The van der Waals surface area contributed by atoms with E-state index in [1.165, 1.54) is 18.2 Å². The van der Waals surface area contributed by atoms with Crippen molar-refractivity contribution < 1.29 is 24.2 Å². The molecule has 7 heteroatoms. The van der Waals surface area contributed by atoms with E-state index >= 15 is 0 Å². The number of carbonyl (C=O) groups is 2. The number of hydrogen-bond donors (Lipinski definition) is 1. The number of phenols is 1. The van der Waals surface area contributed by atoms with Crippen LogP contribution in [0.3, 0.4) is 0 Å². The molecule has 164 valence electrons. The van der Waals surface area contributed by atoms with Gasteiger partial charge in [-0.1, -0.05) is 23.7 Å². The summed E-state index contributed by atoms with van der Waals surface area (Å²) in [7, 11) is 0. The number of halogens is 1. The van der Waals surface area contributed by atoms with Crippen LogP contribution in [-0.4, -0.2) is 34.8 Å². The summed E-state index contributed by atoms with van der Waals surface area (Å²) < 4.78 is 12.7. The van der Waals surface area contributed by atoms with Crippen molar-refractivity contribution in [2.24, 2.45) is 0 Å². The van der Waals surface area contributed by atoms with Crippen LogP contribution in [-0.2, 0) is 20.8 Å². The molecule has 0 radical (unpaired) electrons. The van der Waals surface area contributed by atoms with Crippen LogP contribution in [0.4, 0.5) is 0 Å². The number of aromatic hydroxyl groups is 1. The van der Waals surface area contributed by atoms with Gasteiger partial charge in [-0.2, -0.15) is 0 Å². The number of fused-ring (bicyclic) bond motifs is 1. The zero-order chi connectivity index (χ0) is 22.7. The highest BCUT2D eigenvalue weighted by molar-refractivity contribution is 6.31. The van der Waals surface area contributed by atoms with Gasteiger partial charge < -0.3 is 19.1 Å². The van der Waals surface area contributed by atoms with Crippen LogP contribution in [0.25, 0.3) is 10.9 Å². The van der Waals surface area contributed by atoms with Crippen molar-refractivity contribution in [2.75, 3.05) is 13.2 Å². The van der Waals surface area contributed by atoms with Crippen molar-refractivity contribution in [2.45, 2.75) is 40.2 Å². The number of rotatable bonds is 7. The largest absolute Gasteiger partial charge is 0.508 e. The molecule has 1 atom stereocenters. The second-order valence-electron chi connectivity index (χ2n) is 7.06.